The van der Waals surface area contributed by atoms with Gasteiger partial charge in [-0.05, 0) is 89.9 Å². The van der Waals surface area contributed by atoms with Gasteiger partial charge in [0.15, 0.2) is 6.10 Å². The molecule has 10 heteroatoms. The van der Waals surface area contributed by atoms with Crippen molar-refractivity contribution in [2.45, 2.75) is 290 Å². The molecule has 0 radical (unpaired) electrons. The maximum Gasteiger partial charge on any atom is 0.472 e. The Kier molecular flexibility index (Phi) is 56.7. The van der Waals surface area contributed by atoms with E-state index >= 15 is 0 Å². The second-order valence-corrected chi connectivity index (χ2v) is 24.2. The van der Waals surface area contributed by atoms with Crippen molar-refractivity contribution in [2.75, 3.05) is 47.5 Å². The molecule has 2 atom stereocenters. The smallest absolute Gasteiger partial charge is 0.462 e. The normalized spacial score (nSPS) is 13.8. The van der Waals surface area contributed by atoms with Gasteiger partial charge in [0.05, 0.1) is 27.7 Å². The Labute approximate surface area is 481 Å². The molecule has 0 aromatic rings. The van der Waals surface area contributed by atoms with Crippen molar-refractivity contribution in [3.63, 3.8) is 0 Å². The quantitative estimate of drug-likeness (QED) is 0.0211. The first kappa shape index (κ1) is 75.2. The monoisotopic (exact) mass is 1110 g/mol. The van der Waals surface area contributed by atoms with Crippen molar-refractivity contribution in [1.82, 2.24) is 0 Å². The molecule has 0 fully saturated rings. The highest BCUT2D eigenvalue weighted by atomic mass is 31.2. The largest absolute Gasteiger partial charge is 0.472 e. The van der Waals surface area contributed by atoms with Gasteiger partial charge in [0.2, 0.25) is 0 Å². The number of carbonyl (C=O) groups is 2. The van der Waals surface area contributed by atoms with E-state index in [1.165, 1.54) is 180 Å². The maximum absolute atomic E-state index is 12.9. The zero-order valence-corrected chi connectivity index (χ0v) is 52.3. The lowest BCUT2D eigenvalue weighted by Gasteiger charge is -2.24. The van der Waals surface area contributed by atoms with Crippen LogP contribution < -0.4 is 0 Å². The molecular weight excluding hydrogens is 990 g/mol. The average Bonchev–Trinajstić information content (AvgIpc) is 3.41. The van der Waals surface area contributed by atoms with Gasteiger partial charge in [-0.3, -0.25) is 18.6 Å². The molecule has 0 saturated heterocycles. The Morgan fingerprint density at radius 2 is 0.731 bits per heavy atom. The van der Waals surface area contributed by atoms with Crippen LogP contribution in [0, 0.1) is 0 Å². The van der Waals surface area contributed by atoms with Crippen LogP contribution in [0.15, 0.2) is 85.1 Å². The number of phosphoric ester groups is 1. The minimum absolute atomic E-state index is 0.0289. The van der Waals surface area contributed by atoms with Gasteiger partial charge in [-0.2, -0.15) is 0 Å². The molecule has 0 amide bonds. The van der Waals surface area contributed by atoms with Gasteiger partial charge in [0.25, 0.3) is 0 Å². The van der Waals surface area contributed by atoms with E-state index in [0.29, 0.717) is 17.4 Å². The Morgan fingerprint density at radius 1 is 0.410 bits per heavy atom. The number of quaternary nitrogens is 1. The summed E-state index contributed by atoms with van der Waals surface area (Å²) in [5.74, 6) is -0.796. The Hall–Kier alpha value is -2.81. The topological polar surface area (TPSA) is 108 Å². The van der Waals surface area contributed by atoms with Crippen molar-refractivity contribution < 1.29 is 42.1 Å². The molecule has 2 unspecified atom stereocenters. The van der Waals surface area contributed by atoms with Crippen LogP contribution in [0.1, 0.15) is 284 Å². The van der Waals surface area contributed by atoms with Crippen LogP contribution in [0.5, 0.6) is 0 Å². The SMILES string of the molecule is CC/C=C\C/C=C\C/C=C\C/C=C\CCCCCCCCCCCCCCCCCCC(=O)OC(COC(=O)CCCCCCCCCCCC/C=C\C/C=C\C/C=C\CCCCCCC)COP(=O)(O)OCC[N+](C)(C)C. The van der Waals surface area contributed by atoms with Crippen LogP contribution in [0.3, 0.4) is 0 Å². The van der Waals surface area contributed by atoms with Crippen LogP contribution >= 0.6 is 7.82 Å². The third-order valence-electron chi connectivity index (χ3n) is 13.9. The summed E-state index contributed by atoms with van der Waals surface area (Å²) in [6.07, 6.45) is 79.5. The van der Waals surface area contributed by atoms with Gasteiger partial charge >= 0.3 is 19.8 Å². The summed E-state index contributed by atoms with van der Waals surface area (Å²) in [6, 6.07) is 0. The first-order valence-corrected chi connectivity index (χ1v) is 33.8. The lowest BCUT2D eigenvalue weighted by molar-refractivity contribution is -0.870. The van der Waals surface area contributed by atoms with Crippen LogP contribution in [-0.2, 0) is 32.7 Å². The minimum Gasteiger partial charge on any atom is -0.462 e. The molecule has 0 saturated carbocycles. The van der Waals surface area contributed by atoms with E-state index in [4.69, 9.17) is 18.5 Å². The van der Waals surface area contributed by atoms with E-state index in [1.807, 2.05) is 21.1 Å². The number of phosphoric acid groups is 1. The number of rotatable bonds is 59. The molecule has 0 bridgehead atoms. The molecule has 0 aromatic carbocycles. The van der Waals surface area contributed by atoms with E-state index < -0.39 is 26.5 Å². The number of ether oxygens (including phenoxy) is 2. The molecular formula is C68H123NO8P+. The zero-order valence-electron chi connectivity index (χ0n) is 51.4. The van der Waals surface area contributed by atoms with Gasteiger partial charge in [-0.15, -0.1) is 0 Å². The van der Waals surface area contributed by atoms with E-state index in [1.54, 1.807) is 0 Å². The van der Waals surface area contributed by atoms with Crippen LogP contribution in [-0.4, -0.2) is 74.9 Å². The summed E-state index contributed by atoms with van der Waals surface area (Å²) in [6.45, 7) is 4.33. The van der Waals surface area contributed by atoms with Gasteiger partial charge in [0.1, 0.15) is 19.8 Å². The van der Waals surface area contributed by atoms with E-state index in [-0.39, 0.29) is 32.0 Å². The first-order valence-electron chi connectivity index (χ1n) is 32.3. The van der Waals surface area contributed by atoms with Crippen molar-refractivity contribution in [2.24, 2.45) is 0 Å². The fourth-order valence-electron chi connectivity index (χ4n) is 8.96. The third-order valence-corrected chi connectivity index (χ3v) is 14.9. The minimum atomic E-state index is -4.39. The van der Waals surface area contributed by atoms with Gasteiger partial charge in [0, 0.05) is 12.8 Å². The van der Waals surface area contributed by atoms with E-state index in [2.05, 4.69) is 98.9 Å². The summed E-state index contributed by atoms with van der Waals surface area (Å²) in [7, 11) is 1.48. The Bertz CT molecular complexity index is 1590. The zero-order chi connectivity index (χ0) is 57.0. The second kappa shape index (κ2) is 58.8. The van der Waals surface area contributed by atoms with Crippen molar-refractivity contribution in [3.05, 3.63) is 85.1 Å². The van der Waals surface area contributed by atoms with Gasteiger partial charge in [-0.25, -0.2) is 4.57 Å². The molecule has 0 aliphatic carbocycles. The highest BCUT2D eigenvalue weighted by Crippen LogP contribution is 2.43. The lowest BCUT2D eigenvalue weighted by atomic mass is 10.0. The summed E-state index contributed by atoms with van der Waals surface area (Å²) < 4.78 is 34.7. The predicted octanol–water partition coefficient (Wildman–Crippen LogP) is 20.6. The molecule has 0 spiro atoms. The van der Waals surface area contributed by atoms with Crippen LogP contribution in [0.25, 0.3) is 0 Å². The van der Waals surface area contributed by atoms with Crippen molar-refractivity contribution in [1.29, 1.82) is 0 Å². The number of likely N-dealkylation sites (N-methyl/N-ethyl adjacent to an activating group) is 1. The fourth-order valence-corrected chi connectivity index (χ4v) is 9.70. The third kappa shape index (κ3) is 62.4. The molecule has 0 aromatic heterocycles. The average molecular weight is 1110 g/mol. The predicted molar refractivity (Wildman–Crippen MR) is 335 cm³/mol. The Morgan fingerprint density at radius 3 is 1.09 bits per heavy atom. The molecule has 0 heterocycles. The number of carbonyl (C=O) groups excluding carboxylic acids is 2. The summed E-state index contributed by atoms with van der Waals surface area (Å²) in [5.41, 5.74) is 0. The summed E-state index contributed by atoms with van der Waals surface area (Å²) in [5, 5.41) is 0. The molecule has 1 N–H and O–H groups in total. The number of hydrogen-bond acceptors (Lipinski definition) is 7. The van der Waals surface area contributed by atoms with Crippen LogP contribution in [0.2, 0.25) is 0 Å². The second-order valence-electron chi connectivity index (χ2n) is 22.8. The van der Waals surface area contributed by atoms with Crippen molar-refractivity contribution in [3.8, 4) is 0 Å². The number of nitrogens with zero attached hydrogens (tertiary/aromatic N) is 1. The maximum atomic E-state index is 12.9. The number of unbranched alkanes of at least 4 members (excludes halogenated alkanes) is 31. The molecule has 0 aliphatic rings. The highest BCUT2D eigenvalue weighted by Gasteiger charge is 2.27. The molecule has 452 valence electrons. The standard InChI is InChI=1S/C68H122NO8P/c1-6-8-10-12-14-16-18-20-22-24-26-28-30-32-33-34-35-37-39-41-43-45-47-49-51-53-55-57-59-61-68(71)77-66(65-76-78(72,73)75-63-62-69(3,4)5)64-74-67(70)60-58-56-54-52-50-48-46-44-42-40-38-36-31-29-27-25-23-21-19-17-15-13-11-9-7-2/h8,10,14,16,19-22,25-28,31,36,66H,6-7,9,11-13,15,17-18,23-24,29-30,32-35,37-65H2,1-5H3/p+1/b10-8-,16-14-,21-19-,22-20-,27-25-,28-26-,36-31-. The molecule has 0 rings (SSSR count). The molecule has 9 nitrogen and oxygen atoms in total. The first-order chi connectivity index (χ1) is 38.0. The number of esters is 2. The Balaban J connectivity index is 4.10. The van der Waals surface area contributed by atoms with Gasteiger partial charge < -0.3 is 18.9 Å². The van der Waals surface area contributed by atoms with Crippen molar-refractivity contribution >= 4 is 19.8 Å². The molecule has 78 heavy (non-hydrogen) atoms. The summed E-state index contributed by atoms with van der Waals surface area (Å²) >= 11 is 0. The fraction of sp³-hybridized carbons (Fsp3) is 0.765. The van der Waals surface area contributed by atoms with Gasteiger partial charge in [-0.1, -0.05) is 266 Å². The highest BCUT2D eigenvalue weighted by molar-refractivity contribution is 7.47. The van der Waals surface area contributed by atoms with E-state index in [0.717, 1.165) is 70.6 Å². The van der Waals surface area contributed by atoms with E-state index in [9.17, 15) is 19.0 Å². The number of hydrogen-bond donors (Lipinski definition) is 1. The molecule has 0 aliphatic heterocycles. The summed E-state index contributed by atoms with van der Waals surface area (Å²) in [4.78, 5) is 35.8. The lowest BCUT2D eigenvalue weighted by Crippen LogP contribution is -2.37. The number of allylic oxidation sites excluding steroid dienone is 14. The van der Waals surface area contributed by atoms with Crippen LogP contribution in [0.4, 0.5) is 0 Å².